The summed E-state index contributed by atoms with van der Waals surface area (Å²) in [5.41, 5.74) is 8.47. The number of aromatic nitrogens is 1. The van der Waals surface area contributed by atoms with Crippen LogP contribution in [0.25, 0.3) is 10.9 Å². The summed E-state index contributed by atoms with van der Waals surface area (Å²) in [6, 6.07) is 10.7. The molecule has 0 saturated carbocycles. The highest BCUT2D eigenvalue weighted by Crippen LogP contribution is 2.40. The highest BCUT2D eigenvalue weighted by atomic mass is 32.2. The number of aliphatic imine (C=N–C) groups is 1. The molecule has 226 valence electrons. The Morgan fingerprint density at radius 2 is 2.00 bits per heavy atom. The number of aromatic amines is 1. The molecule has 8 nitrogen and oxygen atoms in total. The molecule has 2 unspecified atom stereocenters. The number of hydrogen-bond donors (Lipinski definition) is 3. The number of nitrogens with zero attached hydrogens (tertiary/aromatic N) is 1. The maximum Gasteiger partial charge on any atom is 0.204 e. The van der Waals surface area contributed by atoms with Crippen LogP contribution in [0.2, 0.25) is 0 Å². The van der Waals surface area contributed by atoms with Crippen molar-refractivity contribution < 1.29 is 36.8 Å². The van der Waals surface area contributed by atoms with Crippen LogP contribution in [0.1, 0.15) is 29.9 Å². The first-order valence-electron chi connectivity index (χ1n) is 13.2. The second-order valence-corrected chi connectivity index (χ2v) is 10.7. The summed E-state index contributed by atoms with van der Waals surface area (Å²) in [6.45, 7) is 0.450. The first-order chi connectivity index (χ1) is 20.8. The molecule has 0 spiro atoms. The van der Waals surface area contributed by atoms with Crippen LogP contribution in [0.5, 0.6) is 17.2 Å². The molecule has 0 radical (unpaired) electrons. The molecule has 1 aliphatic heterocycles. The van der Waals surface area contributed by atoms with Crippen molar-refractivity contribution >= 4 is 39.9 Å². The van der Waals surface area contributed by atoms with Gasteiger partial charge in [-0.2, -0.15) is 4.39 Å². The lowest BCUT2D eigenvalue weighted by molar-refractivity contribution is -0.107. The van der Waals surface area contributed by atoms with Crippen LogP contribution >= 0.6 is 0 Å². The fourth-order valence-electron chi connectivity index (χ4n) is 4.89. The van der Waals surface area contributed by atoms with Crippen LogP contribution in [0, 0.1) is 17.5 Å². The first-order valence-corrected chi connectivity index (χ1v) is 14.8. The van der Waals surface area contributed by atoms with E-state index < -0.39 is 34.0 Å². The molecule has 0 aliphatic carbocycles. The first kappa shape index (κ1) is 31.5. The van der Waals surface area contributed by atoms with E-state index in [1.165, 1.54) is 36.9 Å². The van der Waals surface area contributed by atoms with Gasteiger partial charge < -0.3 is 30.1 Å². The van der Waals surface area contributed by atoms with Crippen LogP contribution in [0.15, 0.2) is 70.3 Å². The molecule has 3 aromatic carbocycles. The summed E-state index contributed by atoms with van der Waals surface area (Å²) in [7, 11) is -0.729. The molecule has 5 rings (SSSR count). The number of nitrogens with two attached hydrogens (primary N) is 1. The number of hydrogen-bond acceptors (Lipinski definition) is 7. The second kappa shape index (κ2) is 14.2. The largest absolute Gasteiger partial charge is 0.493 e. The zero-order valence-corrected chi connectivity index (χ0v) is 24.2. The van der Waals surface area contributed by atoms with E-state index in [0.717, 1.165) is 36.3 Å². The molecule has 2 heterocycles. The predicted molar refractivity (Wildman–Crippen MR) is 159 cm³/mol. The van der Waals surface area contributed by atoms with Crippen LogP contribution in [-0.4, -0.2) is 46.8 Å². The Kier molecular flexibility index (Phi) is 10.4. The van der Waals surface area contributed by atoms with E-state index in [4.69, 9.17) is 20.3 Å². The lowest BCUT2D eigenvalue weighted by atomic mass is 9.88. The number of ether oxygens (including phenoxy) is 2. The van der Waals surface area contributed by atoms with Gasteiger partial charge in [-0.1, -0.05) is 18.2 Å². The van der Waals surface area contributed by atoms with Crippen LogP contribution < -0.4 is 15.2 Å². The molecule has 4 N–H and O–H groups in total. The highest BCUT2D eigenvalue weighted by Gasteiger charge is 2.26. The molecule has 4 aromatic rings. The number of allylic oxidation sites excluding steroid dienone is 2. The Bertz CT molecular complexity index is 1720. The van der Waals surface area contributed by atoms with Gasteiger partial charge in [0.1, 0.15) is 29.3 Å². The summed E-state index contributed by atoms with van der Waals surface area (Å²) in [6.07, 6.45) is 8.09. The summed E-state index contributed by atoms with van der Waals surface area (Å²) < 4.78 is 68.1. The topological polar surface area (TPSA) is 127 Å². The van der Waals surface area contributed by atoms with E-state index in [1.54, 1.807) is 6.08 Å². The Hall–Kier alpha value is -4.42. The number of benzene rings is 3. The minimum absolute atomic E-state index is 0.0309. The van der Waals surface area contributed by atoms with Crippen molar-refractivity contribution in [3.05, 3.63) is 89.0 Å². The smallest absolute Gasteiger partial charge is 0.204 e. The van der Waals surface area contributed by atoms with E-state index >= 15 is 0 Å². The third-order valence-corrected chi connectivity index (χ3v) is 7.78. The molecular weight excluding hydrogens is 583 g/mol. The van der Waals surface area contributed by atoms with Gasteiger partial charge in [-0.3, -0.25) is 9.20 Å². The van der Waals surface area contributed by atoms with Crippen LogP contribution in [-0.2, 0) is 22.0 Å². The van der Waals surface area contributed by atoms with Crippen LogP contribution in [0.3, 0.4) is 0 Å². The quantitative estimate of drug-likeness (QED) is 0.158. The van der Waals surface area contributed by atoms with E-state index in [1.807, 2.05) is 18.2 Å². The number of halogens is 3. The summed E-state index contributed by atoms with van der Waals surface area (Å²) >= 11 is 0. The van der Waals surface area contributed by atoms with Crippen molar-refractivity contribution in [3.63, 3.8) is 0 Å². The van der Waals surface area contributed by atoms with Gasteiger partial charge in [0.05, 0.1) is 27.8 Å². The standard InChI is InChI=1S/C30H26F3N3O4S.CH4O/c1-41(38)30-21-9-12-36-27(21)25(32)26(33)29(30)40-18-7-8-22(31)24(16-18)35-13-10-23(34)19-11-15-39-28-17(5-3-14-37)4-2-6-20(19)28;1-2/h2,4,6-10,12-14,16,19,36H,3,5,11,15,34H2,1H3;2H,1H3/b23-10-,35-13?;. The van der Waals surface area contributed by atoms with Gasteiger partial charge in [0.25, 0.3) is 0 Å². The molecule has 0 amide bonds. The highest BCUT2D eigenvalue weighted by molar-refractivity contribution is 7.84. The van der Waals surface area contributed by atoms with Gasteiger partial charge in [0.2, 0.25) is 5.82 Å². The number of aryl methyl sites for hydroxylation is 1. The Labute approximate surface area is 248 Å². The van der Waals surface area contributed by atoms with Gasteiger partial charge in [0.15, 0.2) is 11.6 Å². The molecule has 1 aromatic heterocycles. The molecular formula is C31H30F3N3O5S. The lowest BCUT2D eigenvalue weighted by Crippen LogP contribution is -2.20. The van der Waals surface area contributed by atoms with E-state index in [9.17, 15) is 22.2 Å². The third-order valence-electron chi connectivity index (χ3n) is 6.80. The number of aliphatic hydroxyl groups excluding tert-OH is 1. The predicted octanol–water partition coefficient (Wildman–Crippen LogP) is 5.97. The van der Waals surface area contributed by atoms with Crippen molar-refractivity contribution in [2.24, 2.45) is 10.7 Å². The number of carbonyl (C=O) groups is 1. The van der Waals surface area contributed by atoms with Gasteiger partial charge in [0, 0.05) is 60.8 Å². The van der Waals surface area contributed by atoms with Crippen molar-refractivity contribution in [1.82, 2.24) is 4.98 Å². The van der Waals surface area contributed by atoms with Crippen molar-refractivity contribution in [3.8, 4) is 17.2 Å². The molecule has 0 bridgehead atoms. The lowest BCUT2D eigenvalue weighted by Gasteiger charge is -2.28. The average molecular weight is 614 g/mol. The normalized spacial score (nSPS) is 15.4. The minimum atomic E-state index is -1.73. The summed E-state index contributed by atoms with van der Waals surface area (Å²) in [4.78, 5) is 17.6. The number of aliphatic hydroxyl groups is 1. The number of para-hydroxylation sites is 1. The number of rotatable bonds is 9. The second-order valence-electron chi connectivity index (χ2n) is 9.40. The molecule has 2 atom stereocenters. The number of fused-ring (bicyclic) bond motifs is 2. The Balaban J connectivity index is 0.00000207. The summed E-state index contributed by atoms with van der Waals surface area (Å²) in [5, 5.41) is 7.21. The van der Waals surface area contributed by atoms with Crippen molar-refractivity contribution in [2.75, 3.05) is 20.0 Å². The number of nitrogens with one attached hydrogen (secondary N) is 1. The maximum absolute atomic E-state index is 15.0. The Morgan fingerprint density at radius 1 is 1.21 bits per heavy atom. The zero-order valence-electron chi connectivity index (χ0n) is 23.4. The molecule has 12 heteroatoms. The fraction of sp³-hybridized carbons (Fsp3) is 0.226. The number of carbonyl (C=O) groups excluding carboxylic acids is 1. The molecule has 0 saturated heterocycles. The molecule has 0 fully saturated rings. The van der Waals surface area contributed by atoms with Crippen LogP contribution in [0.4, 0.5) is 18.9 Å². The van der Waals surface area contributed by atoms with Crippen molar-refractivity contribution in [1.29, 1.82) is 0 Å². The van der Waals surface area contributed by atoms with Gasteiger partial charge in [-0.05, 0) is 42.7 Å². The third kappa shape index (κ3) is 6.65. The Morgan fingerprint density at radius 3 is 2.74 bits per heavy atom. The van der Waals surface area contributed by atoms with E-state index in [0.29, 0.717) is 31.6 Å². The summed E-state index contributed by atoms with van der Waals surface area (Å²) in [5.74, 6) is -3.19. The number of H-pyrrole nitrogens is 1. The van der Waals surface area contributed by atoms with Gasteiger partial charge >= 0.3 is 0 Å². The minimum Gasteiger partial charge on any atom is -0.493 e. The van der Waals surface area contributed by atoms with Crippen molar-refractivity contribution in [2.45, 2.75) is 30.1 Å². The zero-order chi connectivity index (χ0) is 31.1. The SMILES string of the molecule is CO.CS(=O)c1c(Oc2ccc(F)c(N=C/C=C(\N)C3CCOc4c(CCC=O)cccc43)c2)c(F)c(F)c2[nH]ccc12. The molecule has 43 heavy (non-hydrogen) atoms. The molecule has 1 aliphatic rings. The van der Waals surface area contributed by atoms with E-state index in [2.05, 4.69) is 9.98 Å². The van der Waals surface area contributed by atoms with Gasteiger partial charge in [-0.15, -0.1) is 0 Å². The monoisotopic (exact) mass is 613 g/mol. The number of aldehydes is 1. The van der Waals surface area contributed by atoms with Gasteiger partial charge in [-0.25, -0.2) is 8.78 Å². The fourth-order valence-corrected chi connectivity index (χ4v) is 5.76. The maximum atomic E-state index is 15.0. The average Bonchev–Trinajstić information content (AvgIpc) is 3.50. The van der Waals surface area contributed by atoms with E-state index in [-0.39, 0.29) is 33.2 Å².